The molecule has 0 aromatic heterocycles. The topological polar surface area (TPSA) is 52.6 Å². The van der Waals surface area contributed by atoms with Gasteiger partial charge in [-0.3, -0.25) is 9.59 Å². The number of rotatable bonds is 7. The Morgan fingerprint density at radius 1 is 1.22 bits per heavy atom. The predicted octanol–water partition coefficient (Wildman–Crippen LogP) is 4.33. The number of allylic oxidation sites excluding steroid dienone is 2. The molecular weight excluding hydrogens is 340 g/mol. The van der Waals surface area contributed by atoms with Crippen molar-refractivity contribution in [1.29, 1.82) is 0 Å². The third-order valence-corrected chi connectivity index (χ3v) is 6.63. The van der Waals surface area contributed by atoms with E-state index in [1.807, 2.05) is 30.3 Å². The predicted molar refractivity (Wildman–Crippen MR) is 104 cm³/mol. The van der Waals surface area contributed by atoms with Crippen molar-refractivity contribution in [2.75, 3.05) is 13.2 Å². The molecule has 0 N–H and O–H groups in total. The van der Waals surface area contributed by atoms with Crippen molar-refractivity contribution in [3.63, 3.8) is 0 Å². The second kappa shape index (κ2) is 7.97. The molecule has 4 nitrogen and oxygen atoms in total. The van der Waals surface area contributed by atoms with Gasteiger partial charge in [0.15, 0.2) is 5.78 Å². The molecule has 0 saturated heterocycles. The van der Waals surface area contributed by atoms with Crippen molar-refractivity contribution in [3.8, 4) is 0 Å². The van der Waals surface area contributed by atoms with E-state index in [0.29, 0.717) is 25.4 Å². The molecule has 1 aromatic rings. The van der Waals surface area contributed by atoms with Crippen molar-refractivity contribution >= 4 is 11.8 Å². The Bertz CT molecular complexity index is 710. The minimum absolute atomic E-state index is 0.0589. The summed E-state index contributed by atoms with van der Waals surface area (Å²) in [7, 11) is 0. The van der Waals surface area contributed by atoms with E-state index in [-0.39, 0.29) is 36.3 Å². The summed E-state index contributed by atoms with van der Waals surface area (Å²) in [5.41, 5.74) is -0.134. The average Bonchev–Trinajstić information content (AvgIpc) is 2.99. The molecule has 0 spiro atoms. The van der Waals surface area contributed by atoms with Crippen molar-refractivity contribution in [3.05, 3.63) is 48.0 Å². The van der Waals surface area contributed by atoms with E-state index in [1.165, 1.54) is 0 Å². The number of hydrogen-bond donors (Lipinski definition) is 0. The number of hydrogen-bond acceptors (Lipinski definition) is 4. The molecule has 0 unspecified atom stereocenters. The van der Waals surface area contributed by atoms with Crippen LogP contribution in [0.4, 0.5) is 0 Å². The number of fused-ring (bicyclic) bond motifs is 1. The second-order valence-electron chi connectivity index (χ2n) is 8.26. The van der Waals surface area contributed by atoms with Crippen LogP contribution in [0.2, 0.25) is 0 Å². The number of esters is 1. The fourth-order valence-corrected chi connectivity index (χ4v) is 4.73. The lowest BCUT2D eigenvalue weighted by Gasteiger charge is -2.39. The van der Waals surface area contributed by atoms with E-state index in [4.69, 9.17) is 9.47 Å². The Labute approximate surface area is 161 Å². The monoisotopic (exact) mass is 370 g/mol. The first kappa shape index (κ1) is 19.8. The first-order chi connectivity index (χ1) is 12.9. The number of ether oxygens (including phenoxy) is 2. The van der Waals surface area contributed by atoms with Gasteiger partial charge in [-0.2, -0.15) is 0 Å². The zero-order valence-corrected chi connectivity index (χ0v) is 16.6. The van der Waals surface area contributed by atoms with Gasteiger partial charge in [0.25, 0.3) is 0 Å². The van der Waals surface area contributed by atoms with E-state index in [1.54, 1.807) is 6.92 Å². The quantitative estimate of drug-likeness (QED) is 0.407. The van der Waals surface area contributed by atoms with E-state index in [0.717, 1.165) is 12.0 Å². The molecule has 4 heteroatoms. The van der Waals surface area contributed by atoms with Gasteiger partial charge in [-0.15, -0.1) is 0 Å². The van der Waals surface area contributed by atoms with Crippen molar-refractivity contribution in [1.82, 2.24) is 0 Å². The van der Waals surface area contributed by atoms with Gasteiger partial charge in [0, 0.05) is 0 Å². The number of ketones is 1. The molecule has 0 radical (unpaired) electrons. The fraction of sp³-hybridized carbons (Fsp3) is 0.565. The molecule has 2 aliphatic rings. The third kappa shape index (κ3) is 3.73. The molecule has 0 amide bonds. The van der Waals surface area contributed by atoms with Gasteiger partial charge in [0.2, 0.25) is 0 Å². The summed E-state index contributed by atoms with van der Waals surface area (Å²) in [6, 6.07) is 9.75. The van der Waals surface area contributed by atoms with Gasteiger partial charge in [-0.1, -0.05) is 56.3 Å². The molecule has 2 aliphatic carbocycles. The van der Waals surface area contributed by atoms with Crippen LogP contribution in [0.3, 0.4) is 0 Å². The van der Waals surface area contributed by atoms with Gasteiger partial charge < -0.3 is 9.47 Å². The van der Waals surface area contributed by atoms with Crippen LogP contribution in [0.5, 0.6) is 0 Å². The lowest BCUT2D eigenvalue weighted by molar-refractivity contribution is -0.162. The minimum Gasteiger partial charge on any atom is -0.465 e. The van der Waals surface area contributed by atoms with E-state index >= 15 is 0 Å². The number of Topliss-reactive ketones (excluding diaryl/α,β-unsaturated/α-hetero) is 1. The first-order valence-corrected chi connectivity index (χ1v) is 9.91. The molecule has 0 heterocycles. The highest BCUT2D eigenvalue weighted by molar-refractivity contribution is 6.05. The van der Waals surface area contributed by atoms with Crippen LogP contribution in [0.25, 0.3) is 0 Å². The molecule has 3 rings (SSSR count). The Kier molecular flexibility index (Phi) is 5.85. The standard InChI is InChI=1S/C23H30O4/c1-4-27-21(25)23(13-19-12-8-9-17(2)22(19,3)16-23)20(24)15-26-14-18-10-6-5-7-11-18/h5-8,10-12,17,19H,4,9,13-16H2,1-3H3/t17-,19+,22+,23+/m0/s1. The van der Waals surface area contributed by atoms with Gasteiger partial charge in [0.1, 0.15) is 12.0 Å². The third-order valence-electron chi connectivity index (χ3n) is 6.63. The van der Waals surface area contributed by atoms with Crippen molar-refractivity contribution < 1.29 is 19.1 Å². The van der Waals surface area contributed by atoms with Crippen LogP contribution < -0.4 is 0 Å². The maximum absolute atomic E-state index is 13.2. The summed E-state index contributed by atoms with van der Waals surface area (Å²) in [6.45, 7) is 6.80. The van der Waals surface area contributed by atoms with Crippen molar-refractivity contribution in [2.24, 2.45) is 22.7 Å². The molecule has 1 fully saturated rings. The molecule has 0 aliphatic heterocycles. The lowest BCUT2D eigenvalue weighted by atomic mass is 9.65. The lowest BCUT2D eigenvalue weighted by Crippen LogP contribution is -2.42. The molecular formula is C23H30O4. The maximum Gasteiger partial charge on any atom is 0.319 e. The summed E-state index contributed by atoms with van der Waals surface area (Å²) in [6.07, 6.45) is 6.44. The molecule has 146 valence electrons. The Hall–Kier alpha value is -1.94. The van der Waals surface area contributed by atoms with Gasteiger partial charge in [-0.25, -0.2) is 0 Å². The highest BCUT2D eigenvalue weighted by atomic mass is 16.5. The highest BCUT2D eigenvalue weighted by Crippen LogP contribution is 2.60. The van der Waals surface area contributed by atoms with E-state index < -0.39 is 5.41 Å². The van der Waals surface area contributed by atoms with Crippen LogP contribution in [0.15, 0.2) is 42.5 Å². The zero-order chi connectivity index (χ0) is 19.5. The normalized spacial score (nSPS) is 32.1. The number of carbonyl (C=O) groups excluding carboxylic acids is 2. The highest BCUT2D eigenvalue weighted by Gasteiger charge is 2.61. The second-order valence-corrected chi connectivity index (χ2v) is 8.26. The van der Waals surface area contributed by atoms with E-state index in [9.17, 15) is 9.59 Å². The Balaban J connectivity index is 1.76. The molecule has 1 saturated carbocycles. The molecule has 1 aromatic carbocycles. The van der Waals surface area contributed by atoms with Gasteiger partial charge in [0.05, 0.1) is 13.2 Å². The molecule has 4 atom stereocenters. The van der Waals surface area contributed by atoms with Gasteiger partial charge in [-0.05, 0) is 49.0 Å². The Morgan fingerprint density at radius 2 is 1.96 bits per heavy atom. The van der Waals surface area contributed by atoms with Crippen LogP contribution in [0, 0.1) is 22.7 Å². The summed E-state index contributed by atoms with van der Waals surface area (Å²) in [5.74, 6) is 0.133. The van der Waals surface area contributed by atoms with Crippen LogP contribution >= 0.6 is 0 Å². The summed E-state index contributed by atoms with van der Waals surface area (Å²) in [4.78, 5) is 26.1. The summed E-state index contributed by atoms with van der Waals surface area (Å²) in [5, 5.41) is 0. The van der Waals surface area contributed by atoms with Crippen LogP contribution in [0.1, 0.15) is 45.6 Å². The molecule has 27 heavy (non-hydrogen) atoms. The largest absolute Gasteiger partial charge is 0.465 e. The van der Waals surface area contributed by atoms with Crippen LogP contribution in [-0.4, -0.2) is 25.0 Å². The van der Waals surface area contributed by atoms with E-state index in [2.05, 4.69) is 26.0 Å². The summed E-state index contributed by atoms with van der Waals surface area (Å²) >= 11 is 0. The van der Waals surface area contributed by atoms with Crippen LogP contribution in [-0.2, 0) is 25.7 Å². The minimum atomic E-state index is -1.09. The fourth-order valence-electron chi connectivity index (χ4n) is 4.73. The molecule has 0 bridgehead atoms. The zero-order valence-electron chi connectivity index (χ0n) is 16.6. The van der Waals surface area contributed by atoms with Gasteiger partial charge >= 0.3 is 5.97 Å². The smallest absolute Gasteiger partial charge is 0.319 e. The average molecular weight is 370 g/mol. The Morgan fingerprint density at radius 3 is 2.63 bits per heavy atom. The number of carbonyl (C=O) groups is 2. The van der Waals surface area contributed by atoms with Crippen molar-refractivity contribution in [2.45, 2.75) is 46.6 Å². The number of benzene rings is 1. The summed E-state index contributed by atoms with van der Waals surface area (Å²) < 4.78 is 11.0. The SMILES string of the molecule is CCOC(=O)[C@]1(C(=O)COCc2ccccc2)C[C@H]2C=CC[C@H](C)[C@@]2(C)C1. The first-order valence-electron chi connectivity index (χ1n) is 9.91. The maximum atomic E-state index is 13.2.